The lowest BCUT2D eigenvalue weighted by Crippen LogP contribution is -2.24. The lowest BCUT2D eigenvalue weighted by molar-refractivity contribution is -0.142. The maximum absolute atomic E-state index is 10.6. The van der Waals surface area contributed by atoms with Crippen molar-refractivity contribution in [1.82, 2.24) is 0 Å². The first kappa shape index (κ1) is 12.4. The van der Waals surface area contributed by atoms with Crippen LogP contribution in [0.4, 0.5) is 0 Å². The molecule has 0 aromatic heterocycles. The van der Waals surface area contributed by atoms with Gasteiger partial charge < -0.3 is 5.11 Å². The first-order valence-electron chi connectivity index (χ1n) is 3.98. The Hall–Kier alpha value is -0.620. The second-order valence-corrected chi connectivity index (χ2v) is 4.84. The van der Waals surface area contributed by atoms with Crippen molar-refractivity contribution in [2.24, 2.45) is 5.92 Å². The molecular weight excluding hydrogens is 196 g/mol. The van der Waals surface area contributed by atoms with Crippen molar-refractivity contribution in [2.45, 2.75) is 31.9 Å². The van der Waals surface area contributed by atoms with Gasteiger partial charge in [-0.2, -0.15) is 8.42 Å². The van der Waals surface area contributed by atoms with E-state index in [1.807, 2.05) is 0 Å². The third kappa shape index (κ3) is 4.23. The Labute approximate surface area is 77.5 Å². The van der Waals surface area contributed by atoms with E-state index in [4.69, 9.17) is 9.66 Å². The summed E-state index contributed by atoms with van der Waals surface area (Å²) in [5.74, 6) is -1.74. The Morgan fingerprint density at radius 2 is 1.92 bits per heavy atom. The number of hydrogen-bond donors (Lipinski definition) is 2. The lowest BCUT2D eigenvalue weighted by atomic mass is 10.0. The Balaban J connectivity index is 4.34. The van der Waals surface area contributed by atoms with Gasteiger partial charge in [0.25, 0.3) is 10.1 Å². The predicted octanol–water partition coefficient (Wildman–Crippen LogP) is 0.764. The molecule has 0 radical (unpaired) electrons. The fourth-order valence-corrected chi connectivity index (χ4v) is 1.44. The summed E-state index contributed by atoms with van der Waals surface area (Å²) in [5.41, 5.74) is 0. The highest BCUT2D eigenvalue weighted by Crippen LogP contribution is 2.15. The molecule has 5 nitrogen and oxygen atoms in total. The van der Waals surface area contributed by atoms with Gasteiger partial charge in [-0.3, -0.25) is 9.35 Å². The van der Waals surface area contributed by atoms with Gasteiger partial charge in [0.2, 0.25) is 0 Å². The van der Waals surface area contributed by atoms with Crippen molar-refractivity contribution in [3.63, 3.8) is 0 Å². The van der Waals surface area contributed by atoms with Gasteiger partial charge in [0.15, 0.2) is 0 Å². The molecule has 0 fully saturated rings. The molecule has 0 rings (SSSR count). The summed E-state index contributed by atoms with van der Waals surface area (Å²) < 4.78 is 29.7. The largest absolute Gasteiger partial charge is 0.481 e. The third-order valence-electron chi connectivity index (χ3n) is 1.97. The van der Waals surface area contributed by atoms with Crippen molar-refractivity contribution < 1.29 is 22.9 Å². The molecule has 0 spiro atoms. The minimum atomic E-state index is -4.10. The van der Waals surface area contributed by atoms with Gasteiger partial charge in [0, 0.05) is 0 Å². The summed E-state index contributed by atoms with van der Waals surface area (Å²) in [6.45, 7) is 2.95. The first-order valence-corrected chi connectivity index (χ1v) is 5.48. The summed E-state index contributed by atoms with van der Waals surface area (Å²) in [7, 11) is -4.10. The zero-order valence-corrected chi connectivity index (χ0v) is 8.41. The molecule has 0 bridgehead atoms. The number of aliphatic carboxylic acids is 1. The van der Waals surface area contributed by atoms with E-state index < -0.39 is 27.3 Å². The molecule has 2 atom stereocenters. The number of hydrogen-bond acceptors (Lipinski definition) is 3. The predicted molar refractivity (Wildman–Crippen MR) is 47.0 cm³/mol. The highest BCUT2D eigenvalue weighted by molar-refractivity contribution is 7.86. The number of carboxylic acid groups (broad SMARTS) is 1. The molecule has 0 aliphatic heterocycles. The fraction of sp³-hybridized carbons (Fsp3) is 0.857. The van der Waals surface area contributed by atoms with Crippen LogP contribution in [0.25, 0.3) is 0 Å². The molecule has 0 saturated carbocycles. The molecule has 0 aromatic rings. The third-order valence-corrected chi connectivity index (χ3v) is 3.18. The van der Waals surface area contributed by atoms with Crippen LogP contribution < -0.4 is 0 Å². The van der Waals surface area contributed by atoms with Crippen molar-refractivity contribution in [2.75, 3.05) is 0 Å². The highest BCUT2D eigenvalue weighted by Gasteiger charge is 2.25. The van der Waals surface area contributed by atoms with E-state index in [0.717, 1.165) is 0 Å². The van der Waals surface area contributed by atoms with E-state index in [-0.39, 0.29) is 6.42 Å². The Morgan fingerprint density at radius 1 is 1.46 bits per heavy atom. The molecule has 0 aliphatic rings. The summed E-state index contributed by atoms with van der Waals surface area (Å²) in [5, 5.41) is 7.59. The topological polar surface area (TPSA) is 91.7 Å². The minimum absolute atomic E-state index is 0.0509. The zero-order valence-electron chi connectivity index (χ0n) is 7.60. The van der Waals surface area contributed by atoms with Crippen LogP contribution in [-0.4, -0.2) is 29.3 Å². The average molecular weight is 210 g/mol. The van der Waals surface area contributed by atoms with Gasteiger partial charge in [-0.1, -0.05) is 6.92 Å². The molecular formula is C7H14O5S. The van der Waals surface area contributed by atoms with Crippen molar-refractivity contribution >= 4 is 16.1 Å². The van der Waals surface area contributed by atoms with Crippen LogP contribution in [0, 0.1) is 5.92 Å². The molecule has 0 aliphatic carbocycles. The SMILES string of the molecule is CCC(CC(C)S(=O)(=O)O)C(=O)O. The molecule has 0 aromatic carbocycles. The second kappa shape index (κ2) is 4.57. The molecule has 2 N–H and O–H groups in total. The van der Waals surface area contributed by atoms with Crippen LogP contribution in [0.1, 0.15) is 26.7 Å². The lowest BCUT2D eigenvalue weighted by Gasteiger charge is -2.13. The van der Waals surface area contributed by atoms with Crippen molar-refractivity contribution in [3.8, 4) is 0 Å². The molecule has 13 heavy (non-hydrogen) atoms. The van der Waals surface area contributed by atoms with Gasteiger partial charge in [-0.25, -0.2) is 0 Å². The van der Waals surface area contributed by atoms with Crippen LogP contribution in [0.2, 0.25) is 0 Å². The fourth-order valence-electron chi connectivity index (χ4n) is 0.964. The molecule has 0 saturated heterocycles. The highest BCUT2D eigenvalue weighted by atomic mass is 32.2. The maximum Gasteiger partial charge on any atom is 0.306 e. The van der Waals surface area contributed by atoms with E-state index in [1.165, 1.54) is 6.92 Å². The van der Waals surface area contributed by atoms with Crippen LogP contribution >= 0.6 is 0 Å². The molecule has 2 unspecified atom stereocenters. The number of carbonyl (C=O) groups is 1. The van der Waals surface area contributed by atoms with E-state index >= 15 is 0 Å². The van der Waals surface area contributed by atoms with Gasteiger partial charge >= 0.3 is 5.97 Å². The van der Waals surface area contributed by atoms with Crippen LogP contribution in [-0.2, 0) is 14.9 Å². The summed E-state index contributed by atoms with van der Waals surface area (Å²) in [6.07, 6.45) is 0.305. The monoisotopic (exact) mass is 210 g/mol. The summed E-state index contributed by atoms with van der Waals surface area (Å²) >= 11 is 0. The van der Waals surface area contributed by atoms with Gasteiger partial charge in [0.1, 0.15) is 0 Å². The Morgan fingerprint density at radius 3 is 2.15 bits per heavy atom. The van der Waals surface area contributed by atoms with Gasteiger partial charge in [-0.15, -0.1) is 0 Å². The zero-order chi connectivity index (χ0) is 10.6. The number of rotatable bonds is 5. The average Bonchev–Trinajstić information content (AvgIpc) is 1.96. The molecule has 0 amide bonds. The summed E-state index contributed by atoms with van der Waals surface area (Å²) in [4.78, 5) is 10.5. The first-order chi connectivity index (χ1) is 5.79. The smallest absolute Gasteiger partial charge is 0.306 e. The van der Waals surface area contributed by atoms with Gasteiger partial charge in [0.05, 0.1) is 11.2 Å². The maximum atomic E-state index is 10.6. The van der Waals surface area contributed by atoms with Crippen LogP contribution in [0.15, 0.2) is 0 Å². The van der Waals surface area contributed by atoms with Crippen molar-refractivity contribution in [3.05, 3.63) is 0 Å². The van der Waals surface area contributed by atoms with E-state index in [0.29, 0.717) is 6.42 Å². The van der Waals surface area contributed by atoms with Crippen LogP contribution in [0.5, 0.6) is 0 Å². The van der Waals surface area contributed by atoms with Gasteiger partial charge in [-0.05, 0) is 19.8 Å². The Bertz CT molecular complexity index is 269. The normalized spacial score (nSPS) is 16.5. The Kier molecular flexibility index (Phi) is 4.35. The molecule has 6 heteroatoms. The van der Waals surface area contributed by atoms with E-state index in [9.17, 15) is 13.2 Å². The minimum Gasteiger partial charge on any atom is -0.481 e. The quantitative estimate of drug-likeness (QED) is 0.654. The molecule has 0 heterocycles. The summed E-state index contributed by atoms with van der Waals surface area (Å²) in [6, 6.07) is 0. The van der Waals surface area contributed by atoms with E-state index in [1.54, 1.807) is 6.92 Å². The van der Waals surface area contributed by atoms with Crippen LogP contribution in [0.3, 0.4) is 0 Å². The standard InChI is InChI=1S/C7H14O5S/c1-3-6(7(8)9)4-5(2)13(10,11)12/h5-6H,3-4H2,1-2H3,(H,8,9)(H,10,11,12). The number of carboxylic acids is 1. The molecule has 78 valence electrons. The van der Waals surface area contributed by atoms with E-state index in [2.05, 4.69) is 0 Å². The van der Waals surface area contributed by atoms with Crippen molar-refractivity contribution in [1.29, 1.82) is 0 Å². The second-order valence-electron chi connectivity index (χ2n) is 3.00.